The van der Waals surface area contributed by atoms with Crippen LogP contribution in [0.1, 0.15) is 54.3 Å². The van der Waals surface area contributed by atoms with Gasteiger partial charge in [0, 0.05) is 78.9 Å². The van der Waals surface area contributed by atoms with Gasteiger partial charge >= 0.3 is 0 Å². The van der Waals surface area contributed by atoms with E-state index in [1.165, 1.54) is 24.3 Å². The van der Waals surface area contributed by atoms with Crippen molar-refractivity contribution in [2.75, 3.05) is 52.4 Å². The van der Waals surface area contributed by atoms with Gasteiger partial charge in [0.15, 0.2) is 0 Å². The van der Waals surface area contributed by atoms with E-state index in [1.807, 2.05) is 0 Å². The Hall–Kier alpha value is -5.68. The summed E-state index contributed by atoms with van der Waals surface area (Å²) in [7, 11) is 0. The number of hydrogen-bond donors (Lipinski definition) is 4. The van der Waals surface area contributed by atoms with Gasteiger partial charge in [-0.3, -0.25) is 49.2 Å². The van der Waals surface area contributed by atoms with Crippen LogP contribution in [0.4, 0.5) is 11.4 Å². The van der Waals surface area contributed by atoms with Crippen molar-refractivity contribution in [3.63, 3.8) is 0 Å². The minimum atomic E-state index is -0.537. The van der Waals surface area contributed by atoms with E-state index in [2.05, 4.69) is 10.6 Å². The van der Waals surface area contributed by atoms with Gasteiger partial charge in [-0.15, -0.1) is 0 Å². The van der Waals surface area contributed by atoms with Gasteiger partial charge in [0.05, 0.1) is 21.0 Å². The SMILES string of the molecule is NCCCNCCN1C(=O)c2cccc3cc([N+](=O)[O-])cc(c23)C1=O.NCCNCCCN1C(=O)c2cccc3cc([N+](=O)[O-])cc(c23)C1=O. The molecule has 2 aliphatic heterocycles. The molecule has 4 aromatic carbocycles. The van der Waals surface area contributed by atoms with Gasteiger partial charge in [-0.2, -0.15) is 0 Å². The number of nitrogens with zero attached hydrogens (tertiary/aromatic N) is 4. The first-order valence-electron chi connectivity index (χ1n) is 16.0. The summed E-state index contributed by atoms with van der Waals surface area (Å²) in [5.41, 5.74) is 11.7. The van der Waals surface area contributed by atoms with Crippen LogP contribution in [0.5, 0.6) is 0 Å². The van der Waals surface area contributed by atoms with Gasteiger partial charge in [-0.1, -0.05) is 24.3 Å². The van der Waals surface area contributed by atoms with Crippen LogP contribution in [0.2, 0.25) is 0 Å². The molecule has 6 rings (SSSR count). The molecule has 0 saturated carbocycles. The molecule has 260 valence electrons. The number of carbonyl (C=O) groups excluding carboxylic acids is 4. The van der Waals surface area contributed by atoms with E-state index >= 15 is 0 Å². The molecule has 16 heteroatoms. The zero-order valence-corrected chi connectivity index (χ0v) is 27.1. The van der Waals surface area contributed by atoms with Crippen molar-refractivity contribution >= 4 is 56.5 Å². The molecular weight excluding hydrogens is 648 g/mol. The summed E-state index contributed by atoms with van der Waals surface area (Å²) >= 11 is 0. The summed E-state index contributed by atoms with van der Waals surface area (Å²) in [6.45, 7) is 3.95. The molecule has 0 radical (unpaired) electrons. The second-order valence-electron chi connectivity index (χ2n) is 11.6. The first-order chi connectivity index (χ1) is 24.1. The van der Waals surface area contributed by atoms with Crippen molar-refractivity contribution in [3.8, 4) is 0 Å². The number of benzene rings is 4. The maximum Gasteiger partial charge on any atom is 0.270 e. The highest BCUT2D eigenvalue weighted by atomic mass is 16.6. The zero-order chi connectivity index (χ0) is 35.9. The molecule has 0 spiro atoms. The Kier molecular flexibility index (Phi) is 11.2. The quantitative estimate of drug-likeness (QED) is 0.0649. The van der Waals surface area contributed by atoms with Crippen molar-refractivity contribution in [3.05, 3.63) is 103 Å². The van der Waals surface area contributed by atoms with Crippen LogP contribution >= 0.6 is 0 Å². The average molecular weight is 685 g/mol. The summed E-state index contributed by atoms with van der Waals surface area (Å²) in [5.74, 6) is -1.73. The standard InChI is InChI=1S/2C17H18N4O4/c18-5-7-19-6-2-8-20-16(22)13-4-1-3-11-9-12(21(24)25)10-14(15(11)13)17(20)23;18-5-2-6-19-7-8-20-16(22)13-4-1-3-11-9-12(21(24)25)10-14(15(11)13)17(20)23/h2*1,3-4,9-10,19H,2,5-8,18H2. The van der Waals surface area contributed by atoms with Gasteiger partial charge in [0.2, 0.25) is 0 Å². The second kappa shape index (κ2) is 15.7. The van der Waals surface area contributed by atoms with Gasteiger partial charge in [0.1, 0.15) is 0 Å². The lowest BCUT2D eigenvalue weighted by Gasteiger charge is -2.27. The molecule has 50 heavy (non-hydrogen) atoms. The minimum Gasteiger partial charge on any atom is -0.330 e. The van der Waals surface area contributed by atoms with Crippen LogP contribution in [-0.2, 0) is 0 Å². The summed E-state index contributed by atoms with van der Waals surface area (Å²) in [4.78, 5) is 74.3. The van der Waals surface area contributed by atoms with Gasteiger partial charge in [-0.05, 0) is 55.4 Å². The first kappa shape index (κ1) is 35.6. The fourth-order valence-corrected chi connectivity index (χ4v) is 6.03. The highest BCUT2D eigenvalue weighted by Crippen LogP contribution is 2.34. The second-order valence-corrected chi connectivity index (χ2v) is 11.6. The fourth-order valence-electron chi connectivity index (χ4n) is 6.03. The summed E-state index contributed by atoms with van der Waals surface area (Å²) < 4.78 is 0. The smallest absolute Gasteiger partial charge is 0.270 e. The Bertz CT molecular complexity index is 1870. The third-order valence-electron chi connectivity index (χ3n) is 8.37. The summed E-state index contributed by atoms with van der Waals surface area (Å²) in [5, 5.41) is 30.5. The van der Waals surface area contributed by atoms with E-state index in [9.17, 15) is 39.4 Å². The number of nitro groups is 2. The van der Waals surface area contributed by atoms with Crippen LogP contribution in [0.3, 0.4) is 0 Å². The topological polar surface area (TPSA) is 237 Å². The highest BCUT2D eigenvalue weighted by molar-refractivity contribution is 6.26. The fraction of sp³-hybridized carbons (Fsp3) is 0.294. The first-order valence-corrected chi connectivity index (χ1v) is 16.0. The number of rotatable bonds is 14. The van der Waals surface area contributed by atoms with Crippen LogP contribution in [0, 0.1) is 20.2 Å². The molecule has 0 saturated heterocycles. The lowest BCUT2D eigenvalue weighted by molar-refractivity contribution is -0.384. The number of imide groups is 2. The number of nitro benzene ring substituents is 2. The maximum atomic E-state index is 12.8. The molecule has 0 unspecified atom stereocenters. The molecule has 0 fully saturated rings. The van der Waals surface area contributed by atoms with Crippen molar-refractivity contribution in [1.82, 2.24) is 20.4 Å². The van der Waals surface area contributed by atoms with Crippen LogP contribution in [0.25, 0.3) is 21.5 Å². The third-order valence-corrected chi connectivity index (χ3v) is 8.37. The third kappa shape index (κ3) is 7.18. The van der Waals surface area contributed by atoms with Crippen molar-refractivity contribution in [1.29, 1.82) is 0 Å². The van der Waals surface area contributed by atoms with Crippen molar-refractivity contribution in [2.45, 2.75) is 12.8 Å². The summed E-state index contributed by atoms with van der Waals surface area (Å²) in [6, 6.07) is 15.2. The Labute approximate surface area is 285 Å². The zero-order valence-electron chi connectivity index (χ0n) is 27.1. The Balaban J connectivity index is 0.000000194. The Morgan fingerprint density at radius 3 is 1.50 bits per heavy atom. The van der Waals surface area contributed by atoms with Gasteiger partial charge in [0.25, 0.3) is 35.0 Å². The number of amides is 4. The molecule has 2 heterocycles. The number of nitrogens with one attached hydrogen (secondary N) is 2. The lowest BCUT2D eigenvalue weighted by atomic mass is 9.93. The number of carbonyl (C=O) groups is 4. The van der Waals surface area contributed by atoms with E-state index in [-0.39, 0.29) is 47.4 Å². The van der Waals surface area contributed by atoms with Crippen molar-refractivity contribution in [2.24, 2.45) is 11.5 Å². The largest absolute Gasteiger partial charge is 0.330 e. The molecule has 4 aromatic rings. The molecule has 0 aliphatic carbocycles. The molecule has 4 amide bonds. The minimum absolute atomic E-state index is 0.160. The molecule has 0 aromatic heterocycles. The molecule has 2 aliphatic rings. The normalized spacial score (nSPS) is 13.6. The Morgan fingerprint density at radius 1 is 0.560 bits per heavy atom. The van der Waals surface area contributed by atoms with E-state index in [4.69, 9.17) is 11.5 Å². The van der Waals surface area contributed by atoms with E-state index in [0.717, 1.165) is 16.2 Å². The van der Waals surface area contributed by atoms with E-state index in [0.29, 0.717) is 78.4 Å². The molecule has 0 bridgehead atoms. The van der Waals surface area contributed by atoms with Gasteiger partial charge in [-0.25, -0.2) is 0 Å². The number of nitrogens with two attached hydrogens (primary N) is 2. The van der Waals surface area contributed by atoms with Crippen LogP contribution < -0.4 is 22.1 Å². The van der Waals surface area contributed by atoms with E-state index < -0.39 is 21.7 Å². The van der Waals surface area contributed by atoms with Gasteiger partial charge < -0.3 is 22.1 Å². The highest BCUT2D eigenvalue weighted by Gasteiger charge is 2.35. The molecule has 16 nitrogen and oxygen atoms in total. The lowest BCUT2D eigenvalue weighted by Crippen LogP contribution is -2.44. The van der Waals surface area contributed by atoms with Crippen molar-refractivity contribution < 1.29 is 29.0 Å². The Morgan fingerprint density at radius 2 is 1.02 bits per heavy atom. The average Bonchev–Trinajstić information content (AvgIpc) is 3.11. The van der Waals surface area contributed by atoms with Crippen LogP contribution in [0.15, 0.2) is 60.7 Å². The molecule has 0 atom stereocenters. The predicted molar refractivity (Wildman–Crippen MR) is 185 cm³/mol. The number of non-ortho nitro benzene ring substituents is 2. The predicted octanol–water partition coefficient (Wildman–Crippen LogP) is 2.56. The maximum absolute atomic E-state index is 12.8. The van der Waals surface area contributed by atoms with E-state index in [1.54, 1.807) is 36.4 Å². The van der Waals surface area contributed by atoms with Crippen LogP contribution in [-0.4, -0.2) is 95.6 Å². The monoisotopic (exact) mass is 684 g/mol. The molecular formula is C34H36N8O8. The molecule has 6 N–H and O–H groups in total. The summed E-state index contributed by atoms with van der Waals surface area (Å²) in [6.07, 6.45) is 1.38. The number of hydrogen-bond acceptors (Lipinski definition) is 12.